The standard InChI is InChI=1S/C12H17NO3/c1-8(16-2)9-5-3-4-6-10(9)11(7-13)12(14)15/h3-6,8,11H,7,13H2,1-2H3,(H,14,15). The van der Waals surface area contributed by atoms with E-state index in [2.05, 4.69) is 0 Å². The predicted molar refractivity (Wildman–Crippen MR) is 61.3 cm³/mol. The molecule has 1 aromatic rings. The number of ether oxygens (including phenoxy) is 1. The second-order valence-corrected chi connectivity index (χ2v) is 3.63. The van der Waals surface area contributed by atoms with Gasteiger partial charge in [0.1, 0.15) is 0 Å². The zero-order chi connectivity index (χ0) is 12.1. The Morgan fingerprint density at radius 3 is 2.44 bits per heavy atom. The molecule has 0 saturated heterocycles. The Hall–Kier alpha value is -1.39. The van der Waals surface area contributed by atoms with Gasteiger partial charge in [-0.15, -0.1) is 0 Å². The van der Waals surface area contributed by atoms with Crippen molar-refractivity contribution in [3.8, 4) is 0 Å². The van der Waals surface area contributed by atoms with E-state index in [-0.39, 0.29) is 12.6 Å². The number of rotatable bonds is 5. The molecule has 0 bridgehead atoms. The van der Waals surface area contributed by atoms with Gasteiger partial charge in [0, 0.05) is 13.7 Å². The van der Waals surface area contributed by atoms with Gasteiger partial charge in [-0.05, 0) is 18.1 Å². The molecule has 16 heavy (non-hydrogen) atoms. The van der Waals surface area contributed by atoms with Crippen LogP contribution in [-0.4, -0.2) is 24.7 Å². The van der Waals surface area contributed by atoms with Crippen LogP contribution in [0.4, 0.5) is 0 Å². The van der Waals surface area contributed by atoms with Crippen LogP contribution in [0.5, 0.6) is 0 Å². The predicted octanol–water partition coefficient (Wildman–Crippen LogP) is 1.52. The normalized spacial score (nSPS) is 14.4. The number of hydrogen-bond donors (Lipinski definition) is 2. The van der Waals surface area contributed by atoms with Crippen LogP contribution in [0.1, 0.15) is 30.1 Å². The third-order valence-corrected chi connectivity index (χ3v) is 2.70. The lowest BCUT2D eigenvalue weighted by Gasteiger charge is -2.18. The maximum atomic E-state index is 11.1. The number of methoxy groups -OCH3 is 1. The first-order valence-electron chi connectivity index (χ1n) is 5.16. The average molecular weight is 223 g/mol. The van der Waals surface area contributed by atoms with E-state index in [0.717, 1.165) is 11.1 Å². The minimum absolute atomic E-state index is 0.0861. The number of aliphatic carboxylic acids is 1. The molecule has 0 radical (unpaired) electrons. The molecular weight excluding hydrogens is 206 g/mol. The molecule has 0 fully saturated rings. The summed E-state index contributed by atoms with van der Waals surface area (Å²) in [7, 11) is 1.60. The van der Waals surface area contributed by atoms with Gasteiger partial charge in [0.15, 0.2) is 0 Å². The van der Waals surface area contributed by atoms with Gasteiger partial charge in [-0.1, -0.05) is 24.3 Å². The van der Waals surface area contributed by atoms with Gasteiger partial charge in [0.2, 0.25) is 0 Å². The maximum Gasteiger partial charge on any atom is 0.312 e. The van der Waals surface area contributed by atoms with Crippen LogP contribution in [0.25, 0.3) is 0 Å². The molecule has 88 valence electrons. The van der Waals surface area contributed by atoms with E-state index < -0.39 is 11.9 Å². The van der Waals surface area contributed by atoms with E-state index in [4.69, 9.17) is 15.6 Å². The van der Waals surface area contributed by atoms with E-state index in [9.17, 15) is 4.79 Å². The minimum atomic E-state index is -0.904. The zero-order valence-electron chi connectivity index (χ0n) is 9.51. The average Bonchev–Trinajstić information content (AvgIpc) is 2.29. The van der Waals surface area contributed by atoms with Crippen LogP contribution in [0.3, 0.4) is 0 Å². The third-order valence-electron chi connectivity index (χ3n) is 2.70. The molecule has 0 amide bonds. The highest BCUT2D eigenvalue weighted by Crippen LogP contribution is 2.26. The molecule has 0 saturated carbocycles. The number of benzene rings is 1. The number of carbonyl (C=O) groups is 1. The molecule has 0 aliphatic rings. The van der Waals surface area contributed by atoms with E-state index in [0.29, 0.717) is 0 Å². The largest absolute Gasteiger partial charge is 0.481 e. The molecule has 4 nitrogen and oxygen atoms in total. The summed E-state index contributed by atoms with van der Waals surface area (Å²) in [6.45, 7) is 1.97. The molecule has 1 rings (SSSR count). The molecule has 0 spiro atoms. The van der Waals surface area contributed by atoms with Crippen molar-refractivity contribution < 1.29 is 14.6 Å². The van der Waals surface area contributed by atoms with Gasteiger partial charge in [0.25, 0.3) is 0 Å². The highest BCUT2D eigenvalue weighted by molar-refractivity contribution is 5.77. The first-order valence-corrected chi connectivity index (χ1v) is 5.16. The van der Waals surface area contributed by atoms with Crippen LogP contribution in [-0.2, 0) is 9.53 Å². The van der Waals surface area contributed by atoms with Crippen LogP contribution in [0.2, 0.25) is 0 Å². The first kappa shape index (κ1) is 12.7. The highest BCUT2D eigenvalue weighted by Gasteiger charge is 2.22. The molecule has 2 unspecified atom stereocenters. The molecule has 2 atom stereocenters. The summed E-state index contributed by atoms with van der Waals surface area (Å²) in [5.74, 6) is -1.58. The Balaban J connectivity index is 3.16. The van der Waals surface area contributed by atoms with Crippen LogP contribution < -0.4 is 5.73 Å². The first-order chi connectivity index (χ1) is 7.61. The summed E-state index contributed by atoms with van der Waals surface area (Å²) >= 11 is 0. The van der Waals surface area contributed by atoms with Gasteiger partial charge >= 0.3 is 5.97 Å². The number of carboxylic acid groups (broad SMARTS) is 1. The molecule has 1 aromatic carbocycles. The summed E-state index contributed by atoms with van der Waals surface area (Å²) in [5.41, 5.74) is 7.10. The SMILES string of the molecule is COC(C)c1ccccc1C(CN)C(=O)O. The smallest absolute Gasteiger partial charge is 0.312 e. The van der Waals surface area contributed by atoms with Crippen LogP contribution in [0.15, 0.2) is 24.3 Å². The van der Waals surface area contributed by atoms with Gasteiger partial charge < -0.3 is 15.6 Å². The van der Waals surface area contributed by atoms with Gasteiger partial charge in [0.05, 0.1) is 12.0 Å². The Kier molecular flexibility index (Phi) is 4.46. The topological polar surface area (TPSA) is 72.5 Å². The van der Waals surface area contributed by atoms with Crippen LogP contribution in [0, 0.1) is 0 Å². The lowest BCUT2D eigenvalue weighted by atomic mass is 9.92. The quantitative estimate of drug-likeness (QED) is 0.793. The summed E-state index contributed by atoms with van der Waals surface area (Å²) in [6.07, 6.45) is -0.135. The molecular formula is C12H17NO3. The molecule has 4 heteroatoms. The van der Waals surface area contributed by atoms with Crippen molar-refractivity contribution >= 4 is 5.97 Å². The van der Waals surface area contributed by atoms with E-state index in [1.54, 1.807) is 13.2 Å². The van der Waals surface area contributed by atoms with Crippen molar-refractivity contribution in [2.24, 2.45) is 5.73 Å². The van der Waals surface area contributed by atoms with Gasteiger partial charge in [-0.3, -0.25) is 4.79 Å². The number of carboxylic acids is 1. The third kappa shape index (κ3) is 2.59. The maximum absolute atomic E-state index is 11.1. The fourth-order valence-electron chi connectivity index (χ4n) is 1.69. The molecule has 0 heterocycles. The van der Waals surface area contributed by atoms with Crippen LogP contribution >= 0.6 is 0 Å². The van der Waals surface area contributed by atoms with Crippen molar-refractivity contribution in [1.29, 1.82) is 0 Å². The second-order valence-electron chi connectivity index (χ2n) is 3.63. The summed E-state index contributed by atoms with van der Waals surface area (Å²) in [4.78, 5) is 11.1. The molecule has 0 aromatic heterocycles. The fraction of sp³-hybridized carbons (Fsp3) is 0.417. The zero-order valence-corrected chi connectivity index (χ0v) is 9.51. The van der Waals surface area contributed by atoms with E-state index in [1.807, 2.05) is 25.1 Å². The highest BCUT2D eigenvalue weighted by atomic mass is 16.5. The second kappa shape index (κ2) is 5.63. The Labute approximate surface area is 95.0 Å². The van der Waals surface area contributed by atoms with Crippen molar-refractivity contribution in [2.45, 2.75) is 18.9 Å². The lowest BCUT2D eigenvalue weighted by Crippen LogP contribution is -2.22. The summed E-state index contributed by atoms with van der Waals surface area (Å²) < 4.78 is 5.22. The molecule has 0 aliphatic heterocycles. The van der Waals surface area contributed by atoms with Crippen molar-refractivity contribution in [2.75, 3.05) is 13.7 Å². The monoisotopic (exact) mass is 223 g/mol. The van der Waals surface area contributed by atoms with Crippen molar-refractivity contribution in [1.82, 2.24) is 0 Å². The van der Waals surface area contributed by atoms with Crippen molar-refractivity contribution in [3.05, 3.63) is 35.4 Å². The van der Waals surface area contributed by atoms with Crippen molar-refractivity contribution in [3.63, 3.8) is 0 Å². The summed E-state index contributed by atoms with van der Waals surface area (Å²) in [6, 6.07) is 7.34. The van der Waals surface area contributed by atoms with E-state index >= 15 is 0 Å². The minimum Gasteiger partial charge on any atom is -0.481 e. The van der Waals surface area contributed by atoms with E-state index in [1.165, 1.54) is 0 Å². The summed E-state index contributed by atoms with van der Waals surface area (Å²) in [5, 5.41) is 9.08. The number of hydrogen-bond acceptors (Lipinski definition) is 3. The molecule has 3 N–H and O–H groups in total. The Bertz CT molecular complexity index is 365. The Morgan fingerprint density at radius 2 is 2.00 bits per heavy atom. The lowest BCUT2D eigenvalue weighted by molar-refractivity contribution is -0.138. The number of nitrogens with two attached hydrogens (primary N) is 1. The molecule has 0 aliphatic carbocycles. The fourth-order valence-corrected chi connectivity index (χ4v) is 1.69. The Morgan fingerprint density at radius 1 is 1.44 bits per heavy atom. The van der Waals surface area contributed by atoms with Gasteiger partial charge in [-0.2, -0.15) is 0 Å². The van der Waals surface area contributed by atoms with Gasteiger partial charge in [-0.25, -0.2) is 0 Å².